The number of benzene rings is 1. The standard InChI is InChI=1S/C19H20N4O4/c1-12-11-15(13(2)22(12)16-8-9-16)5-10-18(24)20-21-19(25)14-3-6-17(7-4-14)23(26)27/h3-7,10-11,16H,8-9H2,1-2H3,(H,20,24)(H,21,25)/b10-5+. The molecular weight excluding hydrogens is 348 g/mol. The molecule has 2 aromatic rings. The number of amides is 2. The molecule has 1 fully saturated rings. The molecule has 0 bridgehead atoms. The predicted octanol–water partition coefficient (Wildman–Crippen LogP) is 2.82. The number of nitro benzene ring substituents is 1. The zero-order chi connectivity index (χ0) is 19.6. The average molecular weight is 368 g/mol. The van der Waals surface area contributed by atoms with Gasteiger partial charge in [0.1, 0.15) is 0 Å². The molecule has 0 saturated heterocycles. The van der Waals surface area contributed by atoms with Crippen LogP contribution in [-0.4, -0.2) is 21.3 Å². The second-order valence-corrected chi connectivity index (χ2v) is 6.51. The summed E-state index contributed by atoms with van der Waals surface area (Å²) in [7, 11) is 0. The van der Waals surface area contributed by atoms with Crippen LogP contribution in [0.15, 0.2) is 36.4 Å². The van der Waals surface area contributed by atoms with E-state index in [1.54, 1.807) is 6.08 Å². The highest BCUT2D eigenvalue weighted by Gasteiger charge is 2.26. The van der Waals surface area contributed by atoms with E-state index in [1.807, 2.05) is 19.9 Å². The minimum Gasteiger partial charge on any atom is -0.346 e. The van der Waals surface area contributed by atoms with E-state index in [0.717, 1.165) is 11.3 Å². The van der Waals surface area contributed by atoms with Crippen LogP contribution in [0.4, 0.5) is 5.69 Å². The second-order valence-electron chi connectivity index (χ2n) is 6.51. The number of non-ortho nitro benzene ring substituents is 1. The van der Waals surface area contributed by atoms with Gasteiger partial charge in [-0.1, -0.05) is 0 Å². The van der Waals surface area contributed by atoms with Crippen LogP contribution >= 0.6 is 0 Å². The van der Waals surface area contributed by atoms with Crippen LogP contribution in [0.25, 0.3) is 6.08 Å². The SMILES string of the molecule is Cc1cc(/C=C/C(=O)NNC(=O)c2ccc([N+](=O)[O-])cc2)c(C)n1C1CC1. The van der Waals surface area contributed by atoms with E-state index in [4.69, 9.17) is 0 Å². The Morgan fingerprint density at radius 1 is 1.19 bits per heavy atom. The van der Waals surface area contributed by atoms with Crippen LogP contribution in [-0.2, 0) is 4.79 Å². The van der Waals surface area contributed by atoms with Gasteiger partial charge in [-0.2, -0.15) is 0 Å². The van der Waals surface area contributed by atoms with E-state index in [1.165, 1.54) is 48.9 Å². The molecule has 27 heavy (non-hydrogen) atoms. The Bertz CT molecular complexity index is 924. The van der Waals surface area contributed by atoms with Gasteiger partial charge in [0.05, 0.1) is 4.92 Å². The number of nitro groups is 1. The summed E-state index contributed by atoms with van der Waals surface area (Å²) in [6.07, 6.45) is 5.45. The van der Waals surface area contributed by atoms with Gasteiger partial charge in [-0.25, -0.2) is 0 Å². The molecule has 0 aliphatic heterocycles. The molecule has 0 radical (unpaired) electrons. The normalized spacial score (nSPS) is 13.6. The summed E-state index contributed by atoms with van der Waals surface area (Å²) in [5, 5.41) is 10.6. The van der Waals surface area contributed by atoms with Gasteiger partial charge in [-0.05, 0) is 56.5 Å². The van der Waals surface area contributed by atoms with Crippen molar-refractivity contribution >= 4 is 23.6 Å². The van der Waals surface area contributed by atoms with Crippen molar-refractivity contribution in [3.8, 4) is 0 Å². The Labute approximate surface area is 156 Å². The van der Waals surface area contributed by atoms with Crippen LogP contribution in [0.2, 0.25) is 0 Å². The summed E-state index contributed by atoms with van der Waals surface area (Å²) in [4.78, 5) is 34.0. The van der Waals surface area contributed by atoms with Crippen molar-refractivity contribution in [1.29, 1.82) is 0 Å². The molecule has 3 rings (SSSR count). The van der Waals surface area contributed by atoms with E-state index in [9.17, 15) is 19.7 Å². The van der Waals surface area contributed by atoms with Gasteiger partial charge < -0.3 is 4.57 Å². The molecule has 1 heterocycles. The van der Waals surface area contributed by atoms with Crippen molar-refractivity contribution < 1.29 is 14.5 Å². The molecule has 0 atom stereocenters. The Balaban J connectivity index is 1.56. The maximum atomic E-state index is 12.0. The van der Waals surface area contributed by atoms with Gasteiger partial charge in [0.2, 0.25) is 0 Å². The lowest BCUT2D eigenvalue weighted by Crippen LogP contribution is -2.40. The monoisotopic (exact) mass is 368 g/mol. The number of carbonyl (C=O) groups is 2. The molecule has 0 unspecified atom stereocenters. The lowest BCUT2D eigenvalue weighted by Gasteiger charge is -2.06. The van der Waals surface area contributed by atoms with E-state index >= 15 is 0 Å². The fourth-order valence-corrected chi connectivity index (χ4v) is 3.00. The van der Waals surface area contributed by atoms with Gasteiger partial charge in [0, 0.05) is 41.2 Å². The van der Waals surface area contributed by atoms with Gasteiger partial charge in [-0.15, -0.1) is 0 Å². The van der Waals surface area contributed by atoms with Crippen molar-refractivity contribution in [2.24, 2.45) is 0 Å². The first-order valence-corrected chi connectivity index (χ1v) is 8.58. The first-order valence-electron chi connectivity index (χ1n) is 8.58. The Hall–Kier alpha value is -3.42. The molecule has 2 N–H and O–H groups in total. The highest BCUT2D eigenvalue weighted by molar-refractivity contribution is 5.98. The molecule has 1 aliphatic carbocycles. The van der Waals surface area contributed by atoms with Crippen LogP contribution in [0.1, 0.15) is 46.2 Å². The van der Waals surface area contributed by atoms with E-state index < -0.39 is 16.7 Å². The maximum Gasteiger partial charge on any atom is 0.269 e. The van der Waals surface area contributed by atoms with Gasteiger partial charge in [-0.3, -0.25) is 30.6 Å². The first kappa shape index (κ1) is 18.4. The number of hydrazine groups is 1. The van der Waals surface area contributed by atoms with Crippen LogP contribution in [0, 0.1) is 24.0 Å². The number of aryl methyl sites for hydroxylation is 1. The van der Waals surface area contributed by atoms with Crippen LogP contribution < -0.4 is 10.9 Å². The van der Waals surface area contributed by atoms with Crippen molar-refractivity contribution in [1.82, 2.24) is 15.4 Å². The fraction of sp³-hybridized carbons (Fsp3) is 0.263. The minimum absolute atomic E-state index is 0.109. The molecule has 140 valence electrons. The lowest BCUT2D eigenvalue weighted by atomic mass is 10.2. The van der Waals surface area contributed by atoms with Gasteiger partial charge in [0.15, 0.2) is 0 Å². The van der Waals surface area contributed by atoms with Crippen LogP contribution in [0.3, 0.4) is 0 Å². The predicted molar refractivity (Wildman–Crippen MR) is 99.9 cm³/mol. The van der Waals surface area contributed by atoms with Crippen molar-refractivity contribution in [3.05, 3.63) is 69.0 Å². The topological polar surface area (TPSA) is 106 Å². The molecule has 8 heteroatoms. The maximum absolute atomic E-state index is 12.0. The molecule has 2 amide bonds. The third-order valence-corrected chi connectivity index (χ3v) is 4.49. The molecular formula is C19H20N4O4. The Morgan fingerprint density at radius 3 is 2.44 bits per heavy atom. The summed E-state index contributed by atoms with van der Waals surface area (Å²) >= 11 is 0. The largest absolute Gasteiger partial charge is 0.346 e. The van der Waals surface area contributed by atoms with Crippen molar-refractivity contribution in [2.45, 2.75) is 32.7 Å². The van der Waals surface area contributed by atoms with Gasteiger partial charge in [0.25, 0.3) is 17.5 Å². The summed E-state index contributed by atoms with van der Waals surface area (Å²) in [5.74, 6) is -1.03. The highest BCUT2D eigenvalue weighted by Crippen LogP contribution is 2.38. The number of hydrogen-bond acceptors (Lipinski definition) is 4. The molecule has 1 aliphatic rings. The first-order chi connectivity index (χ1) is 12.9. The molecule has 1 aromatic carbocycles. The molecule has 1 aromatic heterocycles. The average Bonchev–Trinajstić information content (AvgIpc) is 3.43. The quantitative estimate of drug-likeness (QED) is 0.481. The number of nitrogens with zero attached hydrogens (tertiary/aromatic N) is 2. The van der Waals surface area contributed by atoms with E-state index in [0.29, 0.717) is 6.04 Å². The smallest absolute Gasteiger partial charge is 0.269 e. The second kappa shape index (κ2) is 7.45. The Morgan fingerprint density at radius 2 is 1.85 bits per heavy atom. The van der Waals surface area contributed by atoms with Gasteiger partial charge >= 0.3 is 0 Å². The third-order valence-electron chi connectivity index (χ3n) is 4.49. The molecule has 0 spiro atoms. The fourth-order valence-electron chi connectivity index (χ4n) is 3.00. The summed E-state index contributed by atoms with van der Waals surface area (Å²) in [6.45, 7) is 4.08. The van der Waals surface area contributed by atoms with Crippen molar-refractivity contribution in [3.63, 3.8) is 0 Å². The molecule has 1 saturated carbocycles. The lowest BCUT2D eigenvalue weighted by molar-refractivity contribution is -0.384. The van der Waals surface area contributed by atoms with Crippen molar-refractivity contribution in [2.75, 3.05) is 0 Å². The summed E-state index contributed by atoms with van der Waals surface area (Å²) in [5.41, 5.74) is 7.93. The number of rotatable bonds is 5. The highest BCUT2D eigenvalue weighted by atomic mass is 16.6. The Kier molecular flexibility index (Phi) is 5.07. The summed E-state index contributed by atoms with van der Waals surface area (Å²) in [6, 6.07) is 7.71. The summed E-state index contributed by atoms with van der Waals surface area (Å²) < 4.78 is 2.29. The third kappa shape index (κ3) is 4.22. The minimum atomic E-state index is -0.557. The zero-order valence-corrected chi connectivity index (χ0v) is 15.1. The van der Waals surface area contributed by atoms with Crippen LogP contribution in [0.5, 0.6) is 0 Å². The van der Waals surface area contributed by atoms with E-state index in [-0.39, 0.29) is 11.3 Å². The number of hydrogen-bond donors (Lipinski definition) is 2. The van der Waals surface area contributed by atoms with E-state index in [2.05, 4.69) is 15.4 Å². The molecule has 8 nitrogen and oxygen atoms in total. The zero-order valence-electron chi connectivity index (χ0n) is 15.1. The number of aromatic nitrogens is 1. The number of carbonyl (C=O) groups excluding carboxylic acids is 2. The number of nitrogens with one attached hydrogen (secondary N) is 2.